The highest BCUT2D eigenvalue weighted by molar-refractivity contribution is 9.10. The van der Waals surface area contributed by atoms with E-state index in [1.165, 1.54) is 21.5 Å². The lowest BCUT2D eigenvalue weighted by Crippen LogP contribution is -1.76. The minimum absolute atomic E-state index is 0.942. The van der Waals surface area contributed by atoms with Gasteiger partial charge in [-0.05, 0) is 34.4 Å². The van der Waals surface area contributed by atoms with Crippen LogP contribution >= 0.6 is 15.9 Å². The Morgan fingerprint density at radius 1 is 0.636 bits per heavy atom. The summed E-state index contributed by atoms with van der Waals surface area (Å²) in [6, 6.07) is 23.2. The van der Waals surface area contributed by atoms with Gasteiger partial charge in [0, 0.05) is 20.6 Å². The summed E-state index contributed by atoms with van der Waals surface area (Å²) >= 11 is 3.70. The molecular formula is C20H11BrO. The lowest BCUT2D eigenvalue weighted by atomic mass is 10.0. The molecule has 0 fully saturated rings. The molecule has 2 heteroatoms. The van der Waals surface area contributed by atoms with E-state index in [0.29, 0.717) is 0 Å². The van der Waals surface area contributed by atoms with Crippen LogP contribution in [0.4, 0.5) is 0 Å². The zero-order valence-electron chi connectivity index (χ0n) is 11.6. The molecule has 1 aromatic heterocycles. The predicted octanol–water partition coefficient (Wildman–Crippen LogP) is 6.65. The monoisotopic (exact) mass is 346 g/mol. The zero-order valence-corrected chi connectivity index (χ0v) is 13.2. The number of rotatable bonds is 0. The quantitative estimate of drug-likeness (QED) is 0.305. The highest BCUT2D eigenvalue weighted by Gasteiger charge is 2.13. The van der Waals surface area contributed by atoms with Crippen molar-refractivity contribution in [3.63, 3.8) is 0 Å². The van der Waals surface area contributed by atoms with Crippen LogP contribution in [0, 0.1) is 0 Å². The first-order valence-electron chi connectivity index (χ1n) is 7.23. The number of hydrogen-bond acceptors (Lipinski definition) is 1. The molecule has 1 heterocycles. The van der Waals surface area contributed by atoms with E-state index in [1.807, 2.05) is 0 Å². The van der Waals surface area contributed by atoms with Crippen molar-refractivity contribution in [1.82, 2.24) is 0 Å². The van der Waals surface area contributed by atoms with Crippen molar-refractivity contribution >= 4 is 59.4 Å². The van der Waals surface area contributed by atoms with Crippen LogP contribution in [0.1, 0.15) is 0 Å². The molecule has 104 valence electrons. The largest absolute Gasteiger partial charge is 0.455 e. The first-order chi connectivity index (χ1) is 10.8. The van der Waals surface area contributed by atoms with Crippen molar-refractivity contribution in [2.75, 3.05) is 0 Å². The van der Waals surface area contributed by atoms with Crippen molar-refractivity contribution in [1.29, 1.82) is 0 Å². The number of hydrogen-bond donors (Lipinski definition) is 0. The van der Waals surface area contributed by atoms with Crippen LogP contribution in [0.3, 0.4) is 0 Å². The summed E-state index contributed by atoms with van der Waals surface area (Å²) in [7, 11) is 0. The van der Waals surface area contributed by atoms with Crippen LogP contribution in [0.5, 0.6) is 0 Å². The third kappa shape index (κ3) is 1.59. The van der Waals surface area contributed by atoms with Gasteiger partial charge in [-0.15, -0.1) is 0 Å². The lowest BCUT2D eigenvalue weighted by Gasteiger charge is -2.01. The van der Waals surface area contributed by atoms with E-state index >= 15 is 0 Å². The van der Waals surface area contributed by atoms with Crippen LogP contribution in [0.15, 0.2) is 75.6 Å². The van der Waals surface area contributed by atoms with Gasteiger partial charge in [0.05, 0.1) is 0 Å². The Bertz CT molecular complexity index is 1180. The lowest BCUT2D eigenvalue weighted by molar-refractivity contribution is 0.673. The van der Waals surface area contributed by atoms with Gasteiger partial charge in [-0.3, -0.25) is 0 Å². The van der Waals surface area contributed by atoms with Crippen molar-refractivity contribution in [3.05, 3.63) is 71.2 Å². The Balaban J connectivity index is 2.06. The SMILES string of the molecule is Brc1cc2c3cc4ccccc4cc3oc2c2ccccc12. The fraction of sp³-hybridized carbons (Fsp3) is 0. The van der Waals surface area contributed by atoms with Crippen molar-refractivity contribution in [2.45, 2.75) is 0 Å². The van der Waals surface area contributed by atoms with Crippen molar-refractivity contribution in [3.8, 4) is 0 Å². The van der Waals surface area contributed by atoms with Crippen LogP contribution in [0.2, 0.25) is 0 Å². The van der Waals surface area contributed by atoms with Gasteiger partial charge in [0.1, 0.15) is 11.2 Å². The van der Waals surface area contributed by atoms with E-state index in [2.05, 4.69) is 82.7 Å². The molecule has 0 saturated heterocycles. The number of halogens is 1. The number of furan rings is 1. The summed E-state index contributed by atoms with van der Waals surface area (Å²) in [6.07, 6.45) is 0. The van der Waals surface area contributed by atoms with Gasteiger partial charge < -0.3 is 4.42 Å². The normalized spacial score (nSPS) is 11.9. The molecule has 0 aliphatic carbocycles. The molecule has 0 aliphatic heterocycles. The second-order valence-electron chi connectivity index (χ2n) is 5.58. The summed E-state index contributed by atoms with van der Waals surface area (Å²) in [6.45, 7) is 0. The average Bonchev–Trinajstić information content (AvgIpc) is 2.91. The van der Waals surface area contributed by atoms with E-state index in [1.54, 1.807) is 0 Å². The van der Waals surface area contributed by atoms with E-state index in [-0.39, 0.29) is 0 Å². The molecule has 0 N–H and O–H groups in total. The first-order valence-corrected chi connectivity index (χ1v) is 8.03. The molecule has 1 nitrogen and oxygen atoms in total. The summed E-state index contributed by atoms with van der Waals surface area (Å²) < 4.78 is 7.31. The predicted molar refractivity (Wildman–Crippen MR) is 96.4 cm³/mol. The van der Waals surface area contributed by atoms with Gasteiger partial charge in [-0.2, -0.15) is 0 Å². The van der Waals surface area contributed by atoms with E-state index < -0.39 is 0 Å². The summed E-state index contributed by atoms with van der Waals surface area (Å²) in [5.74, 6) is 0. The average molecular weight is 347 g/mol. The zero-order chi connectivity index (χ0) is 14.7. The molecule has 0 saturated carbocycles. The molecule has 0 bridgehead atoms. The topological polar surface area (TPSA) is 13.1 Å². The van der Waals surface area contributed by atoms with Crippen LogP contribution < -0.4 is 0 Å². The molecule has 4 aromatic carbocycles. The van der Waals surface area contributed by atoms with Crippen LogP contribution in [-0.4, -0.2) is 0 Å². The minimum atomic E-state index is 0.942. The Labute approximate surface area is 135 Å². The summed E-state index contributed by atoms with van der Waals surface area (Å²) in [5, 5.41) is 7.09. The smallest absolute Gasteiger partial charge is 0.143 e. The fourth-order valence-corrected chi connectivity index (χ4v) is 3.81. The van der Waals surface area contributed by atoms with E-state index in [4.69, 9.17) is 4.42 Å². The third-order valence-corrected chi connectivity index (χ3v) is 4.95. The van der Waals surface area contributed by atoms with Gasteiger partial charge in [-0.25, -0.2) is 0 Å². The number of benzene rings is 4. The standard InChI is InChI=1S/C20H11BrO/c21-18-11-17-16-9-12-5-1-2-6-13(12)10-19(16)22-20(17)15-8-4-3-7-14(15)18/h1-11H. The molecule has 0 radical (unpaired) electrons. The van der Waals surface area contributed by atoms with Gasteiger partial charge in [-0.1, -0.05) is 64.5 Å². The fourth-order valence-electron chi connectivity index (χ4n) is 3.24. The summed E-state index contributed by atoms with van der Waals surface area (Å²) in [4.78, 5) is 0. The van der Waals surface area contributed by atoms with Crippen LogP contribution in [0.25, 0.3) is 43.5 Å². The molecule has 22 heavy (non-hydrogen) atoms. The van der Waals surface area contributed by atoms with Gasteiger partial charge in [0.25, 0.3) is 0 Å². The molecule has 0 amide bonds. The van der Waals surface area contributed by atoms with Crippen LogP contribution in [-0.2, 0) is 0 Å². The second-order valence-corrected chi connectivity index (χ2v) is 6.43. The Morgan fingerprint density at radius 3 is 2.14 bits per heavy atom. The highest BCUT2D eigenvalue weighted by Crippen LogP contribution is 2.39. The first kappa shape index (κ1) is 12.2. The van der Waals surface area contributed by atoms with Gasteiger partial charge in [0.15, 0.2) is 0 Å². The molecule has 5 aromatic rings. The summed E-state index contributed by atoms with van der Waals surface area (Å²) in [5.41, 5.74) is 1.90. The maximum Gasteiger partial charge on any atom is 0.143 e. The molecule has 0 aliphatic rings. The second kappa shape index (κ2) is 4.34. The molecule has 0 spiro atoms. The van der Waals surface area contributed by atoms with Gasteiger partial charge >= 0.3 is 0 Å². The maximum atomic E-state index is 6.21. The van der Waals surface area contributed by atoms with E-state index in [9.17, 15) is 0 Å². The molecule has 0 atom stereocenters. The highest BCUT2D eigenvalue weighted by atomic mass is 79.9. The Morgan fingerprint density at radius 2 is 1.32 bits per heavy atom. The number of fused-ring (bicyclic) bond motifs is 6. The Kier molecular flexibility index (Phi) is 2.42. The molecule has 0 unspecified atom stereocenters. The Hall–Kier alpha value is -2.32. The molecule has 5 rings (SSSR count). The van der Waals surface area contributed by atoms with Crippen molar-refractivity contribution in [2.24, 2.45) is 0 Å². The van der Waals surface area contributed by atoms with Gasteiger partial charge in [0.2, 0.25) is 0 Å². The third-order valence-electron chi connectivity index (χ3n) is 4.29. The minimum Gasteiger partial charge on any atom is -0.455 e. The molecular weight excluding hydrogens is 336 g/mol. The van der Waals surface area contributed by atoms with E-state index in [0.717, 1.165) is 26.4 Å². The maximum absolute atomic E-state index is 6.21. The van der Waals surface area contributed by atoms with Crippen molar-refractivity contribution < 1.29 is 4.42 Å².